The molecule has 0 bridgehead atoms. The molecule has 1 heterocycles. The Kier molecular flexibility index (Phi) is 5.18. The van der Waals surface area contributed by atoms with E-state index in [4.69, 9.17) is 9.15 Å². The molecule has 1 aliphatic rings. The van der Waals surface area contributed by atoms with Gasteiger partial charge >= 0.3 is 0 Å². The van der Waals surface area contributed by atoms with Crippen molar-refractivity contribution in [3.63, 3.8) is 0 Å². The first-order chi connectivity index (χ1) is 11.7. The molecule has 1 aromatic heterocycles. The summed E-state index contributed by atoms with van der Waals surface area (Å²) in [4.78, 5) is 24.6. The molecule has 1 fully saturated rings. The van der Waals surface area contributed by atoms with Crippen molar-refractivity contribution in [1.82, 2.24) is 5.32 Å². The molecule has 1 amide bonds. The summed E-state index contributed by atoms with van der Waals surface area (Å²) in [6.45, 7) is 3.05. The first-order valence-electron chi connectivity index (χ1n) is 8.66. The maximum atomic E-state index is 12.3. The van der Waals surface area contributed by atoms with Crippen LogP contribution in [0.15, 0.2) is 33.5 Å². The Bertz CT molecular complexity index is 775. The van der Waals surface area contributed by atoms with Crippen molar-refractivity contribution in [3.05, 3.63) is 40.2 Å². The Morgan fingerprint density at radius 1 is 1.25 bits per heavy atom. The highest BCUT2D eigenvalue weighted by atomic mass is 16.5. The number of amides is 1. The number of hydrogen-bond acceptors (Lipinski definition) is 4. The maximum absolute atomic E-state index is 12.3. The van der Waals surface area contributed by atoms with E-state index in [0.29, 0.717) is 35.8 Å². The topological polar surface area (TPSA) is 68.5 Å². The largest absolute Gasteiger partial charge is 0.494 e. The van der Waals surface area contributed by atoms with Gasteiger partial charge in [-0.2, -0.15) is 0 Å². The zero-order chi connectivity index (χ0) is 16.9. The smallest absolute Gasteiger partial charge is 0.287 e. The molecule has 24 heavy (non-hydrogen) atoms. The molecular weight excluding hydrogens is 306 g/mol. The predicted molar refractivity (Wildman–Crippen MR) is 92.6 cm³/mol. The van der Waals surface area contributed by atoms with Gasteiger partial charge in [0.15, 0.2) is 11.2 Å². The zero-order valence-electron chi connectivity index (χ0n) is 14.0. The van der Waals surface area contributed by atoms with Crippen molar-refractivity contribution in [2.45, 2.75) is 39.0 Å². The third-order valence-electron chi connectivity index (χ3n) is 4.51. The van der Waals surface area contributed by atoms with Gasteiger partial charge in [0.05, 0.1) is 12.0 Å². The van der Waals surface area contributed by atoms with Crippen LogP contribution in [0.3, 0.4) is 0 Å². The standard InChI is InChI=1S/C19H23NO4/c1-2-23-14-8-9-17-15(10-14)16(21)11-18(24-17)19(22)20-12-13-6-4-3-5-7-13/h8-11,13H,2-7,12H2,1H3,(H,20,22). The van der Waals surface area contributed by atoms with Gasteiger partial charge in [-0.1, -0.05) is 19.3 Å². The summed E-state index contributed by atoms with van der Waals surface area (Å²) in [6.07, 6.45) is 6.06. The number of benzene rings is 1. The van der Waals surface area contributed by atoms with E-state index in [1.165, 1.54) is 25.3 Å². The summed E-state index contributed by atoms with van der Waals surface area (Å²) in [5.41, 5.74) is 0.161. The molecule has 0 saturated heterocycles. The van der Waals surface area contributed by atoms with E-state index in [1.807, 2.05) is 6.92 Å². The predicted octanol–water partition coefficient (Wildman–Crippen LogP) is 3.50. The molecule has 1 saturated carbocycles. The first kappa shape index (κ1) is 16.6. The Morgan fingerprint density at radius 2 is 2.04 bits per heavy atom. The van der Waals surface area contributed by atoms with E-state index < -0.39 is 0 Å². The molecule has 0 spiro atoms. The van der Waals surface area contributed by atoms with E-state index in [9.17, 15) is 9.59 Å². The van der Waals surface area contributed by atoms with Crippen molar-refractivity contribution in [3.8, 4) is 5.75 Å². The van der Waals surface area contributed by atoms with Crippen molar-refractivity contribution in [2.24, 2.45) is 5.92 Å². The molecule has 5 heteroatoms. The number of hydrogen-bond donors (Lipinski definition) is 1. The fraction of sp³-hybridized carbons (Fsp3) is 0.474. The van der Waals surface area contributed by atoms with Crippen LogP contribution in [0.25, 0.3) is 11.0 Å². The SMILES string of the molecule is CCOc1ccc2oc(C(=O)NCC3CCCCC3)cc(=O)c2c1. The molecule has 0 radical (unpaired) electrons. The number of fused-ring (bicyclic) bond motifs is 1. The fourth-order valence-electron chi connectivity index (χ4n) is 3.22. The molecule has 1 N–H and O–H groups in total. The third kappa shape index (κ3) is 3.78. The molecule has 3 rings (SSSR count). The van der Waals surface area contributed by atoms with E-state index in [0.717, 1.165) is 12.8 Å². The van der Waals surface area contributed by atoms with Gasteiger partial charge in [-0.25, -0.2) is 0 Å². The summed E-state index contributed by atoms with van der Waals surface area (Å²) in [5, 5.41) is 3.32. The third-order valence-corrected chi connectivity index (χ3v) is 4.51. The highest BCUT2D eigenvalue weighted by Crippen LogP contribution is 2.23. The van der Waals surface area contributed by atoms with Crippen LogP contribution in [-0.4, -0.2) is 19.1 Å². The number of rotatable bonds is 5. The minimum absolute atomic E-state index is 0.0625. The summed E-state index contributed by atoms with van der Waals surface area (Å²) in [5.74, 6) is 0.886. The molecule has 0 atom stereocenters. The summed E-state index contributed by atoms with van der Waals surface area (Å²) in [6, 6.07) is 6.31. The minimum Gasteiger partial charge on any atom is -0.494 e. The van der Waals surface area contributed by atoms with Crippen LogP contribution in [0.4, 0.5) is 0 Å². The zero-order valence-corrected chi connectivity index (χ0v) is 14.0. The highest BCUT2D eigenvalue weighted by molar-refractivity contribution is 5.93. The Morgan fingerprint density at radius 3 is 2.79 bits per heavy atom. The molecule has 2 aromatic rings. The normalized spacial score (nSPS) is 15.4. The van der Waals surface area contributed by atoms with Crippen LogP contribution >= 0.6 is 0 Å². The molecular formula is C19H23NO4. The van der Waals surface area contributed by atoms with Crippen molar-refractivity contribution < 1.29 is 13.9 Å². The second-order valence-electron chi connectivity index (χ2n) is 6.28. The van der Waals surface area contributed by atoms with Gasteiger partial charge in [-0.3, -0.25) is 9.59 Å². The summed E-state index contributed by atoms with van der Waals surface area (Å²) >= 11 is 0. The van der Waals surface area contributed by atoms with Crippen LogP contribution < -0.4 is 15.5 Å². The monoisotopic (exact) mass is 329 g/mol. The number of carbonyl (C=O) groups excluding carboxylic acids is 1. The molecule has 0 unspecified atom stereocenters. The minimum atomic E-state index is -0.326. The number of ether oxygens (including phenoxy) is 1. The van der Waals surface area contributed by atoms with E-state index in [1.54, 1.807) is 18.2 Å². The van der Waals surface area contributed by atoms with Gasteiger partial charge in [0, 0.05) is 12.6 Å². The van der Waals surface area contributed by atoms with Crippen LogP contribution in [-0.2, 0) is 0 Å². The summed E-state index contributed by atoms with van der Waals surface area (Å²) < 4.78 is 11.0. The Hall–Kier alpha value is -2.30. The van der Waals surface area contributed by atoms with Crippen LogP contribution in [0.2, 0.25) is 0 Å². The fourth-order valence-corrected chi connectivity index (χ4v) is 3.22. The average Bonchev–Trinajstić information content (AvgIpc) is 2.61. The van der Waals surface area contributed by atoms with Crippen LogP contribution in [0.1, 0.15) is 49.6 Å². The molecule has 5 nitrogen and oxygen atoms in total. The van der Waals surface area contributed by atoms with Crippen LogP contribution in [0.5, 0.6) is 5.75 Å². The van der Waals surface area contributed by atoms with E-state index in [-0.39, 0.29) is 17.1 Å². The lowest BCUT2D eigenvalue weighted by atomic mass is 9.89. The Balaban J connectivity index is 1.75. The van der Waals surface area contributed by atoms with Crippen LogP contribution in [0, 0.1) is 5.92 Å². The number of nitrogens with one attached hydrogen (secondary N) is 1. The molecule has 1 aromatic carbocycles. The highest BCUT2D eigenvalue weighted by Gasteiger charge is 2.17. The second-order valence-corrected chi connectivity index (χ2v) is 6.28. The lowest BCUT2D eigenvalue weighted by Gasteiger charge is -2.21. The number of carbonyl (C=O) groups is 1. The van der Waals surface area contributed by atoms with Gasteiger partial charge in [0.2, 0.25) is 0 Å². The van der Waals surface area contributed by atoms with Crippen molar-refractivity contribution >= 4 is 16.9 Å². The van der Waals surface area contributed by atoms with E-state index >= 15 is 0 Å². The van der Waals surface area contributed by atoms with Crippen molar-refractivity contribution in [2.75, 3.05) is 13.2 Å². The molecule has 0 aliphatic heterocycles. The average molecular weight is 329 g/mol. The second kappa shape index (κ2) is 7.51. The van der Waals surface area contributed by atoms with Crippen molar-refractivity contribution in [1.29, 1.82) is 0 Å². The van der Waals surface area contributed by atoms with Gasteiger partial charge in [-0.05, 0) is 43.9 Å². The lowest BCUT2D eigenvalue weighted by molar-refractivity contribution is 0.0916. The first-order valence-corrected chi connectivity index (χ1v) is 8.66. The molecule has 1 aliphatic carbocycles. The molecule has 128 valence electrons. The maximum Gasteiger partial charge on any atom is 0.287 e. The van der Waals surface area contributed by atoms with E-state index in [2.05, 4.69) is 5.32 Å². The quantitative estimate of drug-likeness (QED) is 0.911. The van der Waals surface area contributed by atoms with Gasteiger partial charge in [-0.15, -0.1) is 0 Å². The Labute approximate surface area is 141 Å². The summed E-state index contributed by atoms with van der Waals surface area (Å²) in [7, 11) is 0. The van der Waals surface area contributed by atoms with Gasteiger partial charge < -0.3 is 14.5 Å². The van der Waals surface area contributed by atoms with Gasteiger partial charge in [0.1, 0.15) is 11.3 Å². The lowest BCUT2D eigenvalue weighted by Crippen LogP contribution is -2.30. The van der Waals surface area contributed by atoms with Gasteiger partial charge in [0.25, 0.3) is 5.91 Å².